The van der Waals surface area contributed by atoms with Gasteiger partial charge in [0.15, 0.2) is 0 Å². The van der Waals surface area contributed by atoms with Crippen molar-refractivity contribution < 1.29 is 5.11 Å². The molecule has 5 heteroatoms. The van der Waals surface area contributed by atoms with Crippen molar-refractivity contribution in [2.24, 2.45) is 0 Å². The van der Waals surface area contributed by atoms with E-state index in [1.54, 1.807) is 12.1 Å². The van der Waals surface area contributed by atoms with Gasteiger partial charge in [-0.2, -0.15) is 0 Å². The Morgan fingerprint density at radius 1 is 0.826 bits per heavy atom. The van der Waals surface area contributed by atoms with E-state index >= 15 is 0 Å². The van der Waals surface area contributed by atoms with E-state index in [0.717, 1.165) is 11.1 Å². The summed E-state index contributed by atoms with van der Waals surface area (Å²) in [6, 6.07) is 20.7. The van der Waals surface area contributed by atoms with E-state index in [-0.39, 0.29) is 5.75 Å². The molecule has 0 aliphatic carbocycles. The van der Waals surface area contributed by atoms with Crippen molar-refractivity contribution >= 4 is 22.6 Å². The maximum absolute atomic E-state index is 10.2. The molecular weight excluding hydrogens is 310 g/mol. The molecule has 0 unspecified atom stereocenters. The zero-order chi connectivity index (χ0) is 15.8. The van der Waals surface area contributed by atoms with E-state index in [1.165, 1.54) is 4.80 Å². The summed E-state index contributed by atoms with van der Waals surface area (Å²) >= 11 is 6.15. The summed E-state index contributed by atoms with van der Waals surface area (Å²) in [6.45, 7) is 0. The normalized spacial score (nSPS) is 11.0. The molecule has 23 heavy (non-hydrogen) atoms. The minimum absolute atomic E-state index is 0.112. The lowest BCUT2D eigenvalue weighted by Gasteiger charge is -2.07. The third kappa shape index (κ3) is 2.43. The molecule has 4 aromatic rings. The van der Waals surface area contributed by atoms with Gasteiger partial charge in [-0.25, -0.2) is 0 Å². The summed E-state index contributed by atoms with van der Waals surface area (Å²) in [7, 11) is 0. The molecule has 1 aromatic heterocycles. The highest BCUT2D eigenvalue weighted by molar-refractivity contribution is 6.34. The highest BCUT2D eigenvalue weighted by Crippen LogP contribution is 2.29. The molecule has 0 atom stereocenters. The van der Waals surface area contributed by atoms with E-state index in [4.69, 9.17) is 11.6 Å². The molecule has 1 heterocycles. The van der Waals surface area contributed by atoms with Crippen LogP contribution in [0.3, 0.4) is 0 Å². The second-order valence-electron chi connectivity index (χ2n) is 5.17. The molecule has 1 N–H and O–H groups in total. The summed E-state index contributed by atoms with van der Waals surface area (Å²) in [6.07, 6.45) is 0. The number of aromatic hydroxyl groups is 1. The molecule has 0 bridgehead atoms. The first-order valence-corrected chi connectivity index (χ1v) is 7.50. The Labute approximate surface area is 137 Å². The van der Waals surface area contributed by atoms with Crippen LogP contribution in [0.25, 0.3) is 27.8 Å². The van der Waals surface area contributed by atoms with E-state index < -0.39 is 0 Å². The average Bonchev–Trinajstić information content (AvgIpc) is 3.01. The monoisotopic (exact) mass is 321 g/mol. The van der Waals surface area contributed by atoms with Crippen LogP contribution in [-0.4, -0.2) is 20.1 Å². The summed E-state index contributed by atoms with van der Waals surface area (Å²) in [5, 5.41) is 19.5. The number of nitrogens with zero attached hydrogens (tertiary/aromatic N) is 3. The number of benzene rings is 3. The van der Waals surface area contributed by atoms with E-state index in [9.17, 15) is 5.11 Å². The van der Waals surface area contributed by atoms with Gasteiger partial charge >= 0.3 is 0 Å². The van der Waals surface area contributed by atoms with E-state index in [1.807, 2.05) is 54.6 Å². The Hall–Kier alpha value is -2.85. The Morgan fingerprint density at radius 3 is 2.43 bits per heavy atom. The van der Waals surface area contributed by atoms with Crippen molar-refractivity contribution in [2.45, 2.75) is 0 Å². The van der Waals surface area contributed by atoms with Gasteiger partial charge in [0, 0.05) is 0 Å². The fourth-order valence-corrected chi connectivity index (χ4v) is 2.71. The predicted octanol–water partition coefficient (Wildman–Crippen LogP) is 4.45. The fourth-order valence-electron chi connectivity index (χ4n) is 2.50. The number of rotatable bonds is 2. The molecule has 0 aliphatic rings. The Balaban J connectivity index is 1.88. The number of phenolic OH excluding ortho intramolecular Hbond substituents is 1. The van der Waals surface area contributed by atoms with Crippen LogP contribution in [-0.2, 0) is 0 Å². The lowest BCUT2D eigenvalue weighted by Crippen LogP contribution is -1.99. The second kappa shape index (κ2) is 5.41. The van der Waals surface area contributed by atoms with Gasteiger partial charge in [-0.15, -0.1) is 15.0 Å². The Kier molecular flexibility index (Phi) is 3.24. The van der Waals surface area contributed by atoms with Crippen LogP contribution in [0.15, 0.2) is 66.7 Å². The first kappa shape index (κ1) is 13.8. The molecule has 0 saturated heterocycles. The van der Waals surface area contributed by atoms with Gasteiger partial charge in [0.1, 0.15) is 22.5 Å². The van der Waals surface area contributed by atoms with Crippen LogP contribution in [0.1, 0.15) is 0 Å². The first-order chi connectivity index (χ1) is 11.2. The molecular formula is C18H12ClN3O. The Bertz CT molecular complexity index is 996. The standard InChI is InChI=1S/C18H12ClN3O/c19-14-7-4-8-15-18(14)21-22(20-15)16-11-13(9-10-17(16)23)12-5-2-1-3-6-12/h1-11,23H. The van der Waals surface area contributed by atoms with Crippen molar-refractivity contribution in [3.05, 3.63) is 71.8 Å². The molecule has 112 valence electrons. The number of aromatic nitrogens is 3. The molecule has 0 radical (unpaired) electrons. The SMILES string of the molecule is Oc1ccc(-c2ccccc2)cc1-n1nc2cccc(Cl)c2n1. The molecule has 0 saturated carbocycles. The summed E-state index contributed by atoms with van der Waals surface area (Å²) in [4.78, 5) is 1.42. The van der Waals surface area contributed by atoms with Gasteiger partial charge in [0.2, 0.25) is 0 Å². The topological polar surface area (TPSA) is 50.9 Å². The predicted molar refractivity (Wildman–Crippen MR) is 91.0 cm³/mol. The fraction of sp³-hybridized carbons (Fsp3) is 0. The average molecular weight is 322 g/mol. The van der Waals surface area contributed by atoms with Gasteiger partial charge in [-0.05, 0) is 35.4 Å². The third-order valence-corrected chi connectivity index (χ3v) is 3.97. The quantitative estimate of drug-likeness (QED) is 0.593. The van der Waals surface area contributed by atoms with Crippen LogP contribution in [0.5, 0.6) is 5.75 Å². The number of hydrogen-bond acceptors (Lipinski definition) is 3. The van der Waals surface area contributed by atoms with Gasteiger partial charge < -0.3 is 5.11 Å². The Morgan fingerprint density at radius 2 is 1.65 bits per heavy atom. The summed E-state index contributed by atoms with van der Waals surface area (Å²) in [5.74, 6) is 0.112. The smallest absolute Gasteiger partial charge is 0.143 e. The van der Waals surface area contributed by atoms with Crippen LogP contribution in [0, 0.1) is 0 Å². The number of hydrogen-bond donors (Lipinski definition) is 1. The van der Waals surface area contributed by atoms with Gasteiger partial charge in [0.05, 0.1) is 5.02 Å². The highest BCUT2D eigenvalue weighted by Gasteiger charge is 2.12. The van der Waals surface area contributed by atoms with Crippen molar-refractivity contribution in [3.63, 3.8) is 0 Å². The number of phenols is 1. The van der Waals surface area contributed by atoms with Crippen molar-refractivity contribution in [3.8, 4) is 22.6 Å². The van der Waals surface area contributed by atoms with E-state index in [0.29, 0.717) is 21.7 Å². The largest absolute Gasteiger partial charge is 0.506 e. The summed E-state index contributed by atoms with van der Waals surface area (Å²) < 4.78 is 0. The van der Waals surface area contributed by atoms with Gasteiger partial charge in [-0.3, -0.25) is 0 Å². The minimum atomic E-state index is 0.112. The maximum Gasteiger partial charge on any atom is 0.143 e. The van der Waals surface area contributed by atoms with E-state index in [2.05, 4.69) is 10.2 Å². The van der Waals surface area contributed by atoms with Gasteiger partial charge in [0.25, 0.3) is 0 Å². The zero-order valence-electron chi connectivity index (χ0n) is 12.0. The number of halogens is 1. The minimum Gasteiger partial charge on any atom is -0.506 e. The van der Waals surface area contributed by atoms with Crippen LogP contribution in [0.2, 0.25) is 5.02 Å². The molecule has 0 aliphatic heterocycles. The van der Waals surface area contributed by atoms with Crippen molar-refractivity contribution in [2.75, 3.05) is 0 Å². The van der Waals surface area contributed by atoms with Crippen molar-refractivity contribution in [1.29, 1.82) is 0 Å². The molecule has 0 fully saturated rings. The lowest BCUT2D eigenvalue weighted by molar-refractivity contribution is 0.468. The van der Waals surface area contributed by atoms with Crippen LogP contribution < -0.4 is 0 Å². The van der Waals surface area contributed by atoms with Crippen LogP contribution in [0.4, 0.5) is 0 Å². The molecule has 0 spiro atoms. The second-order valence-corrected chi connectivity index (χ2v) is 5.57. The summed E-state index contributed by atoms with van der Waals surface area (Å²) in [5.41, 5.74) is 3.84. The first-order valence-electron chi connectivity index (χ1n) is 7.13. The third-order valence-electron chi connectivity index (χ3n) is 3.66. The van der Waals surface area contributed by atoms with Crippen LogP contribution >= 0.6 is 11.6 Å². The molecule has 0 amide bonds. The van der Waals surface area contributed by atoms with Crippen molar-refractivity contribution in [1.82, 2.24) is 15.0 Å². The number of fused-ring (bicyclic) bond motifs is 1. The maximum atomic E-state index is 10.2. The molecule has 3 aromatic carbocycles. The molecule has 4 nitrogen and oxygen atoms in total. The zero-order valence-corrected chi connectivity index (χ0v) is 12.8. The van der Waals surface area contributed by atoms with Gasteiger partial charge in [-0.1, -0.05) is 54.1 Å². The lowest BCUT2D eigenvalue weighted by atomic mass is 10.1. The molecule has 4 rings (SSSR count). The highest BCUT2D eigenvalue weighted by atomic mass is 35.5.